The van der Waals surface area contributed by atoms with E-state index in [0.717, 1.165) is 28.8 Å². The van der Waals surface area contributed by atoms with Gasteiger partial charge in [0.1, 0.15) is 0 Å². The highest BCUT2D eigenvalue weighted by Crippen LogP contribution is 2.34. The first-order valence-electron chi connectivity index (χ1n) is 8.22. The average molecular weight is 445 g/mol. The third-order valence-corrected chi connectivity index (χ3v) is 5.44. The number of rotatable bonds is 9. The summed E-state index contributed by atoms with van der Waals surface area (Å²) in [5.74, 6) is -1.08. The number of thioether (sulfide) groups is 1. The molecule has 2 amide bonds. The molecular formula is C17H18F3N5O2S2. The molecule has 0 saturated heterocycles. The number of carbonyl (C=O) groups is 2. The molecule has 7 nitrogen and oxygen atoms in total. The summed E-state index contributed by atoms with van der Waals surface area (Å²) in [5, 5.41) is 13.6. The monoisotopic (exact) mass is 445 g/mol. The summed E-state index contributed by atoms with van der Waals surface area (Å²) in [7, 11) is 1.40. The number of hydrogen-bond acceptors (Lipinski definition) is 7. The SMILES string of the molecule is C=CCNc1nnc(SCC(=O)N(C)CC(=O)Nc2ccccc2C(F)(F)F)s1. The number of carbonyl (C=O) groups excluding carboxylic acids is 2. The van der Waals surface area contributed by atoms with Crippen molar-refractivity contribution >= 4 is 45.7 Å². The van der Waals surface area contributed by atoms with E-state index in [1.165, 1.54) is 30.5 Å². The Kier molecular flexibility index (Phi) is 8.02. The van der Waals surface area contributed by atoms with E-state index >= 15 is 0 Å². The Morgan fingerprint density at radius 3 is 2.72 bits per heavy atom. The van der Waals surface area contributed by atoms with Gasteiger partial charge in [-0.3, -0.25) is 9.59 Å². The number of alkyl halides is 3. The van der Waals surface area contributed by atoms with Gasteiger partial charge in [0.2, 0.25) is 16.9 Å². The molecule has 0 spiro atoms. The minimum absolute atomic E-state index is 0.0129. The summed E-state index contributed by atoms with van der Waals surface area (Å²) in [4.78, 5) is 25.4. The summed E-state index contributed by atoms with van der Waals surface area (Å²) in [6.07, 6.45) is -2.92. The normalized spacial score (nSPS) is 11.0. The molecule has 0 aliphatic rings. The highest BCUT2D eigenvalue weighted by molar-refractivity contribution is 8.01. The van der Waals surface area contributed by atoms with Gasteiger partial charge in [0.15, 0.2) is 4.34 Å². The van der Waals surface area contributed by atoms with Crippen molar-refractivity contribution in [2.75, 3.05) is 36.5 Å². The van der Waals surface area contributed by atoms with Crippen molar-refractivity contribution in [1.29, 1.82) is 0 Å². The van der Waals surface area contributed by atoms with Gasteiger partial charge in [0.25, 0.3) is 0 Å². The molecule has 156 valence electrons. The van der Waals surface area contributed by atoms with E-state index in [2.05, 4.69) is 27.4 Å². The predicted molar refractivity (Wildman–Crippen MR) is 107 cm³/mol. The lowest BCUT2D eigenvalue weighted by molar-refractivity contribution is -0.137. The molecule has 0 bridgehead atoms. The molecule has 0 unspecified atom stereocenters. The maximum absolute atomic E-state index is 13.0. The molecule has 0 atom stereocenters. The van der Waals surface area contributed by atoms with Crippen molar-refractivity contribution in [3.8, 4) is 0 Å². The van der Waals surface area contributed by atoms with E-state index in [1.54, 1.807) is 6.08 Å². The predicted octanol–water partition coefficient (Wildman–Crippen LogP) is 3.34. The van der Waals surface area contributed by atoms with Crippen molar-refractivity contribution in [3.05, 3.63) is 42.5 Å². The van der Waals surface area contributed by atoms with Crippen LogP contribution in [0.3, 0.4) is 0 Å². The van der Waals surface area contributed by atoms with E-state index in [4.69, 9.17) is 0 Å². The lowest BCUT2D eigenvalue weighted by Crippen LogP contribution is -2.36. The molecule has 1 aromatic carbocycles. The summed E-state index contributed by atoms with van der Waals surface area (Å²) < 4.78 is 39.5. The number of para-hydroxylation sites is 1. The summed E-state index contributed by atoms with van der Waals surface area (Å²) in [6, 6.07) is 4.65. The number of likely N-dealkylation sites (N-methyl/N-ethyl adjacent to an activating group) is 1. The van der Waals surface area contributed by atoms with E-state index in [1.807, 2.05) is 0 Å². The van der Waals surface area contributed by atoms with Gasteiger partial charge in [-0.1, -0.05) is 41.3 Å². The Labute approximate surface area is 173 Å². The second-order valence-electron chi connectivity index (χ2n) is 5.67. The first kappa shape index (κ1) is 22.7. The van der Waals surface area contributed by atoms with Gasteiger partial charge in [-0.05, 0) is 12.1 Å². The minimum atomic E-state index is -4.59. The van der Waals surface area contributed by atoms with Crippen molar-refractivity contribution < 1.29 is 22.8 Å². The van der Waals surface area contributed by atoms with Crippen molar-refractivity contribution in [2.24, 2.45) is 0 Å². The molecule has 29 heavy (non-hydrogen) atoms. The van der Waals surface area contributed by atoms with Crippen LogP contribution in [0.4, 0.5) is 24.0 Å². The van der Waals surface area contributed by atoms with Crippen LogP contribution in [-0.4, -0.2) is 52.8 Å². The van der Waals surface area contributed by atoms with Crippen LogP contribution in [0.15, 0.2) is 41.3 Å². The van der Waals surface area contributed by atoms with Crippen LogP contribution in [0, 0.1) is 0 Å². The number of nitrogens with one attached hydrogen (secondary N) is 2. The smallest absolute Gasteiger partial charge is 0.357 e. The summed E-state index contributed by atoms with van der Waals surface area (Å²) >= 11 is 2.43. The highest BCUT2D eigenvalue weighted by Gasteiger charge is 2.33. The number of amides is 2. The standard InChI is InChI=1S/C17H18F3N5O2S2/c1-3-8-21-15-23-24-16(29-15)28-10-14(27)25(2)9-13(26)22-12-7-5-4-6-11(12)17(18,19)20/h3-7H,1,8-10H2,2H3,(H,21,23)(H,22,26). The Balaban J connectivity index is 1.85. The van der Waals surface area contributed by atoms with E-state index < -0.39 is 17.6 Å². The Hall–Kier alpha value is -2.60. The zero-order chi connectivity index (χ0) is 21.4. The average Bonchev–Trinajstić information content (AvgIpc) is 3.11. The molecule has 0 saturated carbocycles. The molecular weight excluding hydrogens is 427 g/mol. The number of hydrogen-bond donors (Lipinski definition) is 2. The van der Waals surface area contributed by atoms with Gasteiger partial charge in [-0.15, -0.1) is 16.8 Å². The van der Waals surface area contributed by atoms with Gasteiger partial charge < -0.3 is 15.5 Å². The summed E-state index contributed by atoms with van der Waals surface area (Å²) in [6.45, 7) is 3.73. The fraction of sp³-hybridized carbons (Fsp3) is 0.294. The Morgan fingerprint density at radius 1 is 1.31 bits per heavy atom. The summed E-state index contributed by atoms with van der Waals surface area (Å²) in [5.41, 5.74) is -1.30. The zero-order valence-corrected chi connectivity index (χ0v) is 17.0. The highest BCUT2D eigenvalue weighted by atomic mass is 32.2. The maximum atomic E-state index is 13.0. The minimum Gasteiger partial charge on any atom is -0.357 e. The maximum Gasteiger partial charge on any atom is 0.418 e. The molecule has 0 aliphatic heterocycles. The topological polar surface area (TPSA) is 87.2 Å². The second kappa shape index (κ2) is 10.3. The van der Waals surface area contributed by atoms with Gasteiger partial charge in [0, 0.05) is 13.6 Å². The molecule has 2 aromatic rings. The van der Waals surface area contributed by atoms with E-state index in [-0.39, 0.29) is 23.9 Å². The molecule has 2 N–H and O–H groups in total. The quantitative estimate of drug-likeness (QED) is 0.455. The molecule has 0 fully saturated rings. The van der Waals surface area contributed by atoms with Gasteiger partial charge in [-0.25, -0.2) is 0 Å². The van der Waals surface area contributed by atoms with Crippen molar-refractivity contribution in [3.63, 3.8) is 0 Å². The van der Waals surface area contributed by atoms with E-state index in [9.17, 15) is 22.8 Å². The fourth-order valence-corrected chi connectivity index (χ4v) is 3.76. The van der Waals surface area contributed by atoms with Gasteiger partial charge in [0.05, 0.1) is 23.5 Å². The Morgan fingerprint density at radius 2 is 2.03 bits per heavy atom. The number of anilines is 2. The van der Waals surface area contributed by atoms with Crippen LogP contribution in [0.25, 0.3) is 0 Å². The van der Waals surface area contributed by atoms with E-state index in [0.29, 0.717) is 16.0 Å². The molecule has 12 heteroatoms. The molecule has 1 heterocycles. The van der Waals surface area contributed by atoms with Crippen molar-refractivity contribution in [1.82, 2.24) is 15.1 Å². The first-order chi connectivity index (χ1) is 13.7. The second-order valence-corrected chi connectivity index (χ2v) is 7.87. The van der Waals surface area contributed by atoms with Gasteiger partial charge >= 0.3 is 6.18 Å². The third-order valence-electron chi connectivity index (χ3n) is 3.44. The van der Waals surface area contributed by atoms with Crippen LogP contribution >= 0.6 is 23.1 Å². The van der Waals surface area contributed by atoms with Crippen LogP contribution in [0.1, 0.15) is 5.56 Å². The molecule has 0 aliphatic carbocycles. The number of nitrogens with zero attached hydrogens (tertiary/aromatic N) is 3. The van der Waals surface area contributed by atoms with Crippen LogP contribution < -0.4 is 10.6 Å². The lowest BCUT2D eigenvalue weighted by atomic mass is 10.1. The zero-order valence-electron chi connectivity index (χ0n) is 15.3. The number of aromatic nitrogens is 2. The van der Waals surface area contributed by atoms with Gasteiger partial charge in [-0.2, -0.15) is 13.2 Å². The number of halogens is 3. The first-order valence-corrected chi connectivity index (χ1v) is 10.0. The lowest BCUT2D eigenvalue weighted by Gasteiger charge is -2.18. The van der Waals surface area contributed by atoms with Crippen LogP contribution in [0.5, 0.6) is 0 Å². The van der Waals surface area contributed by atoms with Crippen molar-refractivity contribution in [2.45, 2.75) is 10.5 Å². The Bertz CT molecular complexity index is 873. The third kappa shape index (κ3) is 7.06. The number of benzene rings is 1. The molecule has 0 radical (unpaired) electrons. The largest absolute Gasteiger partial charge is 0.418 e. The van der Waals surface area contributed by atoms with Crippen LogP contribution in [0.2, 0.25) is 0 Å². The fourth-order valence-electron chi connectivity index (χ4n) is 2.07. The molecule has 2 rings (SSSR count). The van der Waals surface area contributed by atoms with Crippen LogP contribution in [-0.2, 0) is 15.8 Å². The molecule has 1 aromatic heterocycles.